The highest BCUT2D eigenvalue weighted by molar-refractivity contribution is 7.09. The maximum Gasteiger partial charge on any atom is 0.323 e. The van der Waals surface area contributed by atoms with Crippen LogP contribution in [0.5, 0.6) is 0 Å². The molecule has 1 aliphatic rings. The largest absolute Gasteiger partial charge is 0.464 e. The molecule has 1 atom stereocenters. The van der Waals surface area contributed by atoms with Gasteiger partial charge in [-0.1, -0.05) is 12.5 Å². The van der Waals surface area contributed by atoms with Crippen molar-refractivity contribution < 1.29 is 9.53 Å². The molecule has 0 radical (unpaired) electrons. The first kappa shape index (κ1) is 11.6. The molecule has 2 rings (SSSR count). The van der Waals surface area contributed by atoms with Gasteiger partial charge in [-0.2, -0.15) is 0 Å². The summed E-state index contributed by atoms with van der Waals surface area (Å²) in [4.78, 5) is 12.9. The minimum Gasteiger partial charge on any atom is -0.464 e. The van der Waals surface area contributed by atoms with Crippen LogP contribution >= 0.6 is 11.3 Å². The molecule has 1 aromatic heterocycles. The number of piperidine rings is 1. The molecular formula is C12H17NO2S. The fourth-order valence-electron chi connectivity index (χ4n) is 1.86. The third-order valence-corrected chi connectivity index (χ3v) is 3.70. The van der Waals surface area contributed by atoms with Crippen LogP contribution in [0.2, 0.25) is 0 Å². The van der Waals surface area contributed by atoms with E-state index in [1.165, 1.54) is 11.3 Å². The van der Waals surface area contributed by atoms with Gasteiger partial charge in [0, 0.05) is 11.3 Å². The third kappa shape index (κ3) is 3.32. The Morgan fingerprint density at radius 1 is 1.56 bits per heavy atom. The van der Waals surface area contributed by atoms with E-state index >= 15 is 0 Å². The van der Waals surface area contributed by atoms with Gasteiger partial charge in [0.1, 0.15) is 6.04 Å². The van der Waals surface area contributed by atoms with Crippen LogP contribution in [-0.2, 0) is 16.0 Å². The summed E-state index contributed by atoms with van der Waals surface area (Å²) >= 11 is 1.70. The molecule has 1 N–H and O–H groups in total. The fraction of sp³-hybridized carbons (Fsp3) is 0.583. The Morgan fingerprint density at radius 3 is 3.19 bits per heavy atom. The maximum atomic E-state index is 11.6. The van der Waals surface area contributed by atoms with Crippen LogP contribution in [0, 0.1) is 0 Å². The van der Waals surface area contributed by atoms with Crippen molar-refractivity contribution in [2.75, 3.05) is 13.2 Å². The summed E-state index contributed by atoms with van der Waals surface area (Å²) in [6, 6.07) is 4.01. The number of ether oxygens (including phenoxy) is 1. The summed E-state index contributed by atoms with van der Waals surface area (Å²) in [6.45, 7) is 1.43. The van der Waals surface area contributed by atoms with Gasteiger partial charge in [-0.3, -0.25) is 4.79 Å². The Labute approximate surface area is 99.8 Å². The van der Waals surface area contributed by atoms with Crippen LogP contribution in [0.15, 0.2) is 17.5 Å². The van der Waals surface area contributed by atoms with E-state index in [9.17, 15) is 4.79 Å². The molecule has 3 nitrogen and oxygen atoms in total. The Morgan fingerprint density at radius 2 is 2.50 bits per heavy atom. The molecule has 88 valence electrons. The molecule has 0 amide bonds. The second-order valence-electron chi connectivity index (χ2n) is 4.00. The Hall–Kier alpha value is -0.870. The second-order valence-corrected chi connectivity index (χ2v) is 5.03. The van der Waals surface area contributed by atoms with E-state index in [1.54, 1.807) is 11.3 Å². The number of carbonyl (C=O) groups is 1. The van der Waals surface area contributed by atoms with E-state index in [2.05, 4.69) is 11.4 Å². The number of rotatable bonds is 4. The molecule has 1 aromatic rings. The van der Waals surface area contributed by atoms with Gasteiger partial charge in [0.2, 0.25) is 0 Å². The van der Waals surface area contributed by atoms with E-state index in [1.807, 2.05) is 11.4 Å². The average Bonchev–Trinajstić information content (AvgIpc) is 2.83. The molecular weight excluding hydrogens is 222 g/mol. The molecule has 0 aliphatic carbocycles. The first-order valence-electron chi connectivity index (χ1n) is 5.78. The summed E-state index contributed by atoms with van der Waals surface area (Å²) in [5.74, 6) is -0.0868. The maximum absolute atomic E-state index is 11.6. The molecule has 16 heavy (non-hydrogen) atoms. The molecule has 0 spiro atoms. The van der Waals surface area contributed by atoms with Crippen molar-refractivity contribution in [1.29, 1.82) is 0 Å². The molecule has 1 fully saturated rings. The summed E-state index contributed by atoms with van der Waals surface area (Å²) in [5.41, 5.74) is 0. The molecule has 1 aliphatic heterocycles. The van der Waals surface area contributed by atoms with Gasteiger partial charge >= 0.3 is 5.97 Å². The minimum absolute atomic E-state index is 0.0721. The van der Waals surface area contributed by atoms with Gasteiger partial charge in [-0.15, -0.1) is 11.3 Å². The quantitative estimate of drug-likeness (QED) is 0.816. The lowest BCUT2D eigenvalue weighted by atomic mass is 10.1. The molecule has 1 saturated heterocycles. The van der Waals surface area contributed by atoms with Crippen molar-refractivity contribution in [2.24, 2.45) is 0 Å². The van der Waals surface area contributed by atoms with Gasteiger partial charge in [-0.25, -0.2) is 0 Å². The van der Waals surface area contributed by atoms with E-state index in [-0.39, 0.29) is 12.0 Å². The lowest BCUT2D eigenvalue weighted by molar-refractivity contribution is -0.146. The highest BCUT2D eigenvalue weighted by Crippen LogP contribution is 2.11. The van der Waals surface area contributed by atoms with Crippen molar-refractivity contribution in [3.8, 4) is 0 Å². The van der Waals surface area contributed by atoms with E-state index in [4.69, 9.17) is 4.74 Å². The minimum atomic E-state index is -0.0868. The number of esters is 1. The topological polar surface area (TPSA) is 38.3 Å². The number of nitrogens with one attached hydrogen (secondary N) is 1. The van der Waals surface area contributed by atoms with Crippen LogP contribution in [-0.4, -0.2) is 25.2 Å². The zero-order chi connectivity index (χ0) is 11.2. The Kier molecular flexibility index (Phi) is 4.36. The summed E-state index contributed by atoms with van der Waals surface area (Å²) in [5, 5.41) is 5.23. The third-order valence-electron chi connectivity index (χ3n) is 2.77. The van der Waals surface area contributed by atoms with Crippen molar-refractivity contribution in [3.05, 3.63) is 22.4 Å². The van der Waals surface area contributed by atoms with Gasteiger partial charge in [0.25, 0.3) is 0 Å². The van der Waals surface area contributed by atoms with Gasteiger partial charge in [-0.05, 0) is 30.8 Å². The molecule has 0 saturated carbocycles. The van der Waals surface area contributed by atoms with Crippen molar-refractivity contribution in [1.82, 2.24) is 5.32 Å². The first-order chi connectivity index (χ1) is 7.86. The number of carbonyl (C=O) groups excluding carboxylic acids is 1. The molecule has 0 aromatic carbocycles. The van der Waals surface area contributed by atoms with Gasteiger partial charge < -0.3 is 10.1 Å². The van der Waals surface area contributed by atoms with Crippen molar-refractivity contribution >= 4 is 17.3 Å². The standard InChI is InChI=1S/C12H17NO2S/c14-12(11-5-1-2-7-13-11)15-8-6-10-4-3-9-16-10/h3-4,9,11,13H,1-2,5-8H2/t11-/m1/s1. The zero-order valence-corrected chi connectivity index (χ0v) is 10.1. The molecule has 4 heteroatoms. The number of hydrogen-bond donors (Lipinski definition) is 1. The Bertz CT molecular complexity index is 318. The van der Waals surface area contributed by atoms with Crippen LogP contribution < -0.4 is 5.32 Å². The summed E-state index contributed by atoms with van der Waals surface area (Å²) in [7, 11) is 0. The van der Waals surface area contributed by atoms with Crippen LogP contribution in [0.3, 0.4) is 0 Å². The highest BCUT2D eigenvalue weighted by atomic mass is 32.1. The predicted molar refractivity (Wildman–Crippen MR) is 64.6 cm³/mol. The highest BCUT2D eigenvalue weighted by Gasteiger charge is 2.21. The second kappa shape index (κ2) is 6.01. The van der Waals surface area contributed by atoms with Crippen LogP contribution in [0.4, 0.5) is 0 Å². The van der Waals surface area contributed by atoms with Crippen molar-refractivity contribution in [3.63, 3.8) is 0 Å². The lowest BCUT2D eigenvalue weighted by Gasteiger charge is -2.21. The van der Waals surface area contributed by atoms with Gasteiger partial charge in [0.15, 0.2) is 0 Å². The lowest BCUT2D eigenvalue weighted by Crippen LogP contribution is -2.41. The average molecular weight is 239 g/mol. The van der Waals surface area contributed by atoms with Gasteiger partial charge in [0.05, 0.1) is 6.61 Å². The predicted octanol–water partition coefficient (Wildman–Crippen LogP) is 1.98. The first-order valence-corrected chi connectivity index (χ1v) is 6.66. The fourth-order valence-corrected chi connectivity index (χ4v) is 2.55. The number of thiophene rings is 1. The monoisotopic (exact) mass is 239 g/mol. The van der Waals surface area contributed by atoms with Crippen LogP contribution in [0.1, 0.15) is 24.1 Å². The number of hydrogen-bond acceptors (Lipinski definition) is 4. The molecule has 2 heterocycles. The molecule has 0 bridgehead atoms. The van der Waals surface area contributed by atoms with Crippen molar-refractivity contribution in [2.45, 2.75) is 31.7 Å². The van der Waals surface area contributed by atoms with E-state index in [0.29, 0.717) is 6.61 Å². The molecule has 0 unspecified atom stereocenters. The normalized spacial score (nSPS) is 20.6. The smallest absolute Gasteiger partial charge is 0.323 e. The van der Waals surface area contributed by atoms with Crippen LogP contribution in [0.25, 0.3) is 0 Å². The van der Waals surface area contributed by atoms with E-state index in [0.717, 1.165) is 25.8 Å². The van der Waals surface area contributed by atoms with E-state index < -0.39 is 0 Å². The zero-order valence-electron chi connectivity index (χ0n) is 9.28. The Balaban J connectivity index is 1.67. The summed E-state index contributed by atoms with van der Waals surface area (Å²) < 4.78 is 5.26. The SMILES string of the molecule is O=C(OCCc1cccs1)[C@H]1CCCCN1. The summed E-state index contributed by atoms with van der Waals surface area (Å²) in [6.07, 6.45) is 4.03.